The van der Waals surface area contributed by atoms with E-state index in [1.165, 1.54) is 19.3 Å². The molecule has 2 N–H and O–H groups in total. The molecule has 0 saturated heterocycles. The third-order valence-corrected chi connectivity index (χ3v) is 4.71. The average molecular weight is 313 g/mol. The third-order valence-electron chi connectivity index (χ3n) is 4.71. The van der Waals surface area contributed by atoms with Gasteiger partial charge in [-0.15, -0.1) is 0 Å². The van der Waals surface area contributed by atoms with Crippen molar-refractivity contribution in [1.29, 1.82) is 0 Å². The SMILES string of the molecule is C[C@@H]1CCCC[C@@H]1NC(=O)CCc1nc2ccccc2c(=O)[nH]1. The van der Waals surface area contributed by atoms with Crippen molar-refractivity contribution in [3.63, 3.8) is 0 Å². The van der Waals surface area contributed by atoms with Gasteiger partial charge in [0.15, 0.2) is 0 Å². The molecule has 23 heavy (non-hydrogen) atoms. The normalized spacial score (nSPS) is 21.3. The van der Waals surface area contributed by atoms with Gasteiger partial charge in [-0.25, -0.2) is 4.98 Å². The standard InChI is InChI=1S/C18H23N3O2/c1-12-6-2-4-8-14(12)20-17(22)11-10-16-19-15-9-5-3-7-13(15)18(23)21-16/h3,5,7,9,12,14H,2,4,6,8,10-11H2,1H3,(H,20,22)(H,19,21,23)/t12-,14+/m1/s1. The number of carbonyl (C=O) groups excluding carboxylic acids is 1. The Balaban J connectivity index is 1.61. The second-order valence-electron chi connectivity index (χ2n) is 6.47. The van der Waals surface area contributed by atoms with Gasteiger partial charge in [0, 0.05) is 18.9 Å². The van der Waals surface area contributed by atoms with Gasteiger partial charge in [-0.3, -0.25) is 9.59 Å². The second-order valence-corrected chi connectivity index (χ2v) is 6.47. The molecule has 1 aromatic heterocycles. The van der Waals surface area contributed by atoms with E-state index in [2.05, 4.69) is 22.2 Å². The Hall–Kier alpha value is -2.17. The predicted octanol–water partition coefficient (Wildman–Crippen LogP) is 2.55. The van der Waals surface area contributed by atoms with Crippen LogP contribution < -0.4 is 10.9 Å². The van der Waals surface area contributed by atoms with E-state index >= 15 is 0 Å². The molecular formula is C18H23N3O2. The molecule has 2 atom stereocenters. The predicted molar refractivity (Wildman–Crippen MR) is 90.2 cm³/mol. The number of para-hydroxylation sites is 1. The van der Waals surface area contributed by atoms with Gasteiger partial charge < -0.3 is 10.3 Å². The summed E-state index contributed by atoms with van der Waals surface area (Å²) < 4.78 is 0. The van der Waals surface area contributed by atoms with Crippen molar-refractivity contribution in [3.8, 4) is 0 Å². The third kappa shape index (κ3) is 3.78. The first-order chi connectivity index (χ1) is 11.1. The van der Waals surface area contributed by atoms with Crippen LogP contribution >= 0.6 is 0 Å². The highest BCUT2D eigenvalue weighted by Crippen LogP contribution is 2.23. The van der Waals surface area contributed by atoms with Crippen LogP contribution in [0.4, 0.5) is 0 Å². The lowest BCUT2D eigenvalue weighted by atomic mass is 9.86. The second kappa shape index (κ2) is 6.94. The molecule has 1 aliphatic carbocycles. The van der Waals surface area contributed by atoms with Gasteiger partial charge in [-0.2, -0.15) is 0 Å². The van der Waals surface area contributed by atoms with E-state index in [0.29, 0.717) is 41.5 Å². The minimum atomic E-state index is -0.146. The highest BCUT2D eigenvalue weighted by molar-refractivity contribution is 5.78. The number of H-pyrrole nitrogens is 1. The molecule has 0 radical (unpaired) electrons. The summed E-state index contributed by atoms with van der Waals surface area (Å²) in [6.07, 6.45) is 5.50. The van der Waals surface area contributed by atoms with E-state index in [4.69, 9.17) is 0 Å². The highest BCUT2D eigenvalue weighted by atomic mass is 16.1. The summed E-state index contributed by atoms with van der Waals surface area (Å²) >= 11 is 0. The van der Waals surface area contributed by atoms with Crippen molar-refractivity contribution in [1.82, 2.24) is 15.3 Å². The van der Waals surface area contributed by atoms with Crippen LogP contribution in [0.3, 0.4) is 0 Å². The van der Waals surface area contributed by atoms with Crippen LogP contribution in [0.2, 0.25) is 0 Å². The number of hydrogen-bond donors (Lipinski definition) is 2. The molecule has 5 nitrogen and oxygen atoms in total. The van der Waals surface area contributed by atoms with Crippen LogP contribution in [-0.4, -0.2) is 21.9 Å². The Morgan fingerprint density at radius 1 is 1.30 bits per heavy atom. The van der Waals surface area contributed by atoms with Crippen molar-refractivity contribution >= 4 is 16.8 Å². The molecule has 0 unspecified atom stereocenters. The van der Waals surface area contributed by atoms with Gasteiger partial charge >= 0.3 is 0 Å². The summed E-state index contributed by atoms with van der Waals surface area (Å²) in [6.45, 7) is 2.20. The maximum atomic E-state index is 12.1. The molecule has 0 spiro atoms. The number of rotatable bonds is 4. The fourth-order valence-electron chi connectivity index (χ4n) is 3.29. The molecule has 2 aromatic rings. The first kappa shape index (κ1) is 15.7. The summed E-state index contributed by atoms with van der Waals surface area (Å²) in [4.78, 5) is 31.4. The van der Waals surface area contributed by atoms with Gasteiger partial charge in [-0.1, -0.05) is 31.9 Å². The first-order valence-corrected chi connectivity index (χ1v) is 8.41. The summed E-state index contributed by atoms with van der Waals surface area (Å²) in [6, 6.07) is 7.54. The zero-order valence-corrected chi connectivity index (χ0v) is 13.5. The Morgan fingerprint density at radius 3 is 2.91 bits per heavy atom. The van der Waals surface area contributed by atoms with E-state index < -0.39 is 0 Å². The van der Waals surface area contributed by atoms with Gasteiger partial charge in [0.05, 0.1) is 10.9 Å². The number of benzene rings is 1. The fourth-order valence-corrected chi connectivity index (χ4v) is 3.29. The first-order valence-electron chi connectivity index (χ1n) is 8.41. The average Bonchev–Trinajstić information content (AvgIpc) is 2.55. The zero-order valence-electron chi connectivity index (χ0n) is 13.5. The number of aromatic amines is 1. The minimum absolute atomic E-state index is 0.0413. The highest BCUT2D eigenvalue weighted by Gasteiger charge is 2.22. The van der Waals surface area contributed by atoms with E-state index in [1.807, 2.05) is 18.2 Å². The maximum Gasteiger partial charge on any atom is 0.258 e. The lowest BCUT2D eigenvalue weighted by Gasteiger charge is -2.29. The summed E-state index contributed by atoms with van der Waals surface area (Å²) in [5.41, 5.74) is 0.527. The van der Waals surface area contributed by atoms with E-state index in [-0.39, 0.29) is 11.5 Å². The van der Waals surface area contributed by atoms with Crippen LogP contribution in [0, 0.1) is 5.92 Å². The molecule has 1 heterocycles. The van der Waals surface area contributed by atoms with E-state index in [1.54, 1.807) is 6.07 Å². The minimum Gasteiger partial charge on any atom is -0.353 e. The fraction of sp³-hybridized carbons (Fsp3) is 0.500. The molecule has 122 valence electrons. The van der Waals surface area contributed by atoms with Gasteiger partial charge in [0.25, 0.3) is 5.56 Å². The summed E-state index contributed by atoms with van der Waals surface area (Å²) in [7, 11) is 0. The van der Waals surface area contributed by atoms with E-state index in [0.717, 1.165) is 6.42 Å². The molecule has 3 rings (SSSR count). The van der Waals surface area contributed by atoms with Crippen LogP contribution in [0.25, 0.3) is 10.9 Å². The van der Waals surface area contributed by atoms with Crippen LogP contribution in [-0.2, 0) is 11.2 Å². The number of nitrogens with zero attached hydrogens (tertiary/aromatic N) is 1. The van der Waals surface area contributed by atoms with Crippen LogP contribution in [0.15, 0.2) is 29.1 Å². The van der Waals surface area contributed by atoms with Crippen molar-refractivity contribution in [2.75, 3.05) is 0 Å². The topological polar surface area (TPSA) is 74.8 Å². The molecule has 5 heteroatoms. The number of nitrogens with one attached hydrogen (secondary N) is 2. The monoisotopic (exact) mass is 313 g/mol. The van der Waals surface area contributed by atoms with Crippen LogP contribution in [0.1, 0.15) is 44.9 Å². The number of aromatic nitrogens is 2. The molecule has 1 aromatic carbocycles. The lowest BCUT2D eigenvalue weighted by Crippen LogP contribution is -2.41. The Bertz CT molecular complexity index is 753. The van der Waals surface area contributed by atoms with Crippen molar-refractivity contribution in [2.24, 2.45) is 5.92 Å². The molecule has 0 bridgehead atoms. The Labute approximate surface area is 135 Å². The Kier molecular flexibility index (Phi) is 4.74. The number of aryl methyl sites for hydroxylation is 1. The number of hydrogen-bond acceptors (Lipinski definition) is 3. The number of amides is 1. The number of carbonyl (C=O) groups is 1. The maximum absolute atomic E-state index is 12.1. The number of fused-ring (bicyclic) bond motifs is 1. The summed E-state index contributed by atoms with van der Waals surface area (Å²) in [5.74, 6) is 1.16. The quantitative estimate of drug-likeness (QED) is 0.911. The van der Waals surface area contributed by atoms with Gasteiger partial charge in [0.2, 0.25) is 5.91 Å². The smallest absolute Gasteiger partial charge is 0.258 e. The zero-order chi connectivity index (χ0) is 16.2. The van der Waals surface area contributed by atoms with Crippen molar-refractivity contribution in [3.05, 3.63) is 40.4 Å². The molecular weight excluding hydrogens is 290 g/mol. The Morgan fingerprint density at radius 2 is 2.09 bits per heavy atom. The molecule has 1 saturated carbocycles. The van der Waals surface area contributed by atoms with Gasteiger partial charge in [-0.05, 0) is 30.9 Å². The molecule has 1 fully saturated rings. The molecule has 1 aliphatic rings. The van der Waals surface area contributed by atoms with Gasteiger partial charge in [0.1, 0.15) is 5.82 Å². The van der Waals surface area contributed by atoms with E-state index in [9.17, 15) is 9.59 Å². The molecule has 0 aliphatic heterocycles. The van der Waals surface area contributed by atoms with Crippen LogP contribution in [0.5, 0.6) is 0 Å². The van der Waals surface area contributed by atoms with Crippen molar-refractivity contribution < 1.29 is 4.79 Å². The summed E-state index contributed by atoms with van der Waals surface area (Å²) in [5, 5.41) is 3.71. The molecule has 1 amide bonds. The largest absolute Gasteiger partial charge is 0.353 e. The lowest BCUT2D eigenvalue weighted by molar-refractivity contribution is -0.122. The van der Waals surface area contributed by atoms with Crippen molar-refractivity contribution in [2.45, 2.75) is 51.5 Å².